The minimum Gasteiger partial charge on any atom is -0.369 e. The van der Waals surface area contributed by atoms with Gasteiger partial charge in [0.1, 0.15) is 0 Å². The molecule has 0 radical (unpaired) electrons. The summed E-state index contributed by atoms with van der Waals surface area (Å²) in [5.74, 6) is 0.573. The van der Waals surface area contributed by atoms with Gasteiger partial charge in [0.15, 0.2) is 0 Å². The third kappa shape index (κ3) is 3.64. The molecule has 7 heteroatoms. The second kappa shape index (κ2) is 7.52. The maximum atomic E-state index is 4.71. The zero-order chi connectivity index (χ0) is 19.6. The minimum atomic E-state index is 0.573. The first kappa shape index (κ1) is 17.6. The summed E-state index contributed by atoms with van der Waals surface area (Å²) in [5.41, 5.74) is 5.92. The van der Waals surface area contributed by atoms with E-state index in [-0.39, 0.29) is 0 Å². The van der Waals surface area contributed by atoms with E-state index in [2.05, 4.69) is 55.3 Å². The lowest BCUT2D eigenvalue weighted by atomic mass is 10.2. The fourth-order valence-corrected chi connectivity index (χ4v) is 3.69. The van der Waals surface area contributed by atoms with Crippen LogP contribution in [0.1, 0.15) is 0 Å². The number of H-pyrrole nitrogens is 1. The molecule has 0 spiro atoms. The minimum absolute atomic E-state index is 0.573. The SMILES string of the molecule is CN1CCN(c2cccc(Nc3nccc(-c4c[nH]c5cccnc45)n3)c2)CC1. The van der Waals surface area contributed by atoms with E-state index < -0.39 is 0 Å². The molecule has 0 unspecified atom stereocenters. The molecule has 0 atom stereocenters. The van der Waals surface area contributed by atoms with Crippen LogP contribution < -0.4 is 10.2 Å². The van der Waals surface area contributed by atoms with Gasteiger partial charge in [0, 0.05) is 61.7 Å². The second-order valence-corrected chi connectivity index (χ2v) is 7.33. The number of fused-ring (bicyclic) bond motifs is 1. The number of nitrogens with one attached hydrogen (secondary N) is 2. The Morgan fingerprint density at radius 1 is 0.966 bits per heavy atom. The van der Waals surface area contributed by atoms with Gasteiger partial charge in [-0.15, -0.1) is 0 Å². The molecule has 1 saturated heterocycles. The highest BCUT2D eigenvalue weighted by molar-refractivity contribution is 5.91. The summed E-state index contributed by atoms with van der Waals surface area (Å²) >= 11 is 0. The van der Waals surface area contributed by atoms with Gasteiger partial charge in [-0.1, -0.05) is 6.07 Å². The third-order valence-electron chi connectivity index (χ3n) is 5.34. The van der Waals surface area contributed by atoms with Crippen molar-refractivity contribution in [2.75, 3.05) is 43.4 Å². The Kier molecular flexibility index (Phi) is 4.57. The fraction of sp³-hybridized carbons (Fsp3) is 0.227. The molecule has 1 fully saturated rings. The molecule has 0 saturated carbocycles. The van der Waals surface area contributed by atoms with Crippen LogP contribution in [0.2, 0.25) is 0 Å². The predicted molar refractivity (Wildman–Crippen MR) is 117 cm³/mol. The largest absolute Gasteiger partial charge is 0.369 e. The highest BCUT2D eigenvalue weighted by atomic mass is 15.2. The van der Waals surface area contributed by atoms with Crippen molar-refractivity contribution in [3.63, 3.8) is 0 Å². The molecule has 146 valence electrons. The molecule has 4 aromatic rings. The van der Waals surface area contributed by atoms with Crippen LogP contribution in [0.4, 0.5) is 17.3 Å². The summed E-state index contributed by atoms with van der Waals surface area (Å²) in [7, 11) is 2.17. The Bertz CT molecular complexity index is 1130. The summed E-state index contributed by atoms with van der Waals surface area (Å²) in [6, 6.07) is 14.3. The van der Waals surface area contributed by atoms with E-state index >= 15 is 0 Å². The number of aromatic nitrogens is 4. The van der Waals surface area contributed by atoms with Gasteiger partial charge >= 0.3 is 0 Å². The maximum absolute atomic E-state index is 4.71. The smallest absolute Gasteiger partial charge is 0.227 e. The molecule has 3 aromatic heterocycles. The van der Waals surface area contributed by atoms with Crippen LogP contribution in [0.15, 0.2) is 61.1 Å². The molecular weight excluding hydrogens is 362 g/mol. The number of rotatable bonds is 4. The molecule has 7 nitrogen and oxygen atoms in total. The van der Waals surface area contributed by atoms with Gasteiger partial charge in [-0.2, -0.15) is 0 Å². The Morgan fingerprint density at radius 3 is 2.76 bits per heavy atom. The Balaban J connectivity index is 1.39. The van der Waals surface area contributed by atoms with E-state index in [0.717, 1.165) is 54.2 Å². The number of pyridine rings is 1. The van der Waals surface area contributed by atoms with E-state index in [1.165, 1.54) is 5.69 Å². The van der Waals surface area contributed by atoms with Crippen LogP contribution >= 0.6 is 0 Å². The number of piperazine rings is 1. The van der Waals surface area contributed by atoms with E-state index in [1.807, 2.05) is 30.5 Å². The standard InChI is InChI=1S/C22H23N7/c1-28-10-12-29(13-11-28)17-5-2-4-16(14-17)26-22-24-9-7-19(27-22)18-15-25-20-6-3-8-23-21(18)20/h2-9,14-15,25H,10-13H2,1H3,(H,24,26,27). The van der Waals surface area contributed by atoms with Gasteiger partial charge in [-0.05, 0) is 43.4 Å². The highest BCUT2D eigenvalue weighted by Gasteiger charge is 2.15. The topological polar surface area (TPSA) is 73.0 Å². The lowest BCUT2D eigenvalue weighted by Crippen LogP contribution is -2.44. The van der Waals surface area contributed by atoms with Crippen molar-refractivity contribution < 1.29 is 0 Å². The maximum Gasteiger partial charge on any atom is 0.227 e. The van der Waals surface area contributed by atoms with Crippen molar-refractivity contribution >= 4 is 28.4 Å². The van der Waals surface area contributed by atoms with Crippen molar-refractivity contribution in [1.29, 1.82) is 0 Å². The molecule has 0 aliphatic carbocycles. The average molecular weight is 385 g/mol. The van der Waals surface area contributed by atoms with E-state index in [4.69, 9.17) is 4.98 Å². The number of likely N-dealkylation sites (N-methyl/N-ethyl adjacent to an activating group) is 1. The van der Waals surface area contributed by atoms with Crippen molar-refractivity contribution in [2.24, 2.45) is 0 Å². The summed E-state index contributed by atoms with van der Waals surface area (Å²) in [6.45, 7) is 4.25. The summed E-state index contributed by atoms with van der Waals surface area (Å²) in [5, 5.41) is 3.35. The Hall–Kier alpha value is -3.45. The Morgan fingerprint density at radius 2 is 1.86 bits per heavy atom. The fourth-order valence-electron chi connectivity index (χ4n) is 3.69. The van der Waals surface area contributed by atoms with E-state index in [1.54, 1.807) is 12.4 Å². The second-order valence-electron chi connectivity index (χ2n) is 7.33. The molecule has 2 N–H and O–H groups in total. The first-order valence-electron chi connectivity index (χ1n) is 9.82. The molecule has 1 aliphatic heterocycles. The van der Waals surface area contributed by atoms with Crippen molar-refractivity contribution in [2.45, 2.75) is 0 Å². The first-order chi connectivity index (χ1) is 14.3. The molecule has 0 bridgehead atoms. The van der Waals surface area contributed by atoms with Crippen LogP contribution in [0.25, 0.3) is 22.3 Å². The normalized spacial score (nSPS) is 15.0. The van der Waals surface area contributed by atoms with E-state index in [9.17, 15) is 0 Å². The van der Waals surface area contributed by atoms with E-state index in [0.29, 0.717) is 5.95 Å². The van der Waals surface area contributed by atoms with Crippen LogP contribution in [0.5, 0.6) is 0 Å². The van der Waals surface area contributed by atoms with Crippen LogP contribution in [-0.4, -0.2) is 58.1 Å². The number of hydrogen-bond donors (Lipinski definition) is 2. The van der Waals surface area contributed by atoms with Crippen LogP contribution in [-0.2, 0) is 0 Å². The van der Waals surface area contributed by atoms with Gasteiger partial charge in [0.2, 0.25) is 5.95 Å². The third-order valence-corrected chi connectivity index (χ3v) is 5.34. The van der Waals surface area contributed by atoms with Gasteiger partial charge in [-0.3, -0.25) is 4.98 Å². The monoisotopic (exact) mass is 385 g/mol. The first-order valence-corrected chi connectivity index (χ1v) is 9.82. The lowest BCUT2D eigenvalue weighted by molar-refractivity contribution is 0.313. The van der Waals surface area contributed by atoms with Crippen LogP contribution in [0.3, 0.4) is 0 Å². The van der Waals surface area contributed by atoms with Gasteiger partial charge in [0.25, 0.3) is 0 Å². The predicted octanol–water partition coefficient (Wildman–Crippen LogP) is 3.52. The van der Waals surface area contributed by atoms with Gasteiger partial charge in [-0.25, -0.2) is 9.97 Å². The molecule has 0 amide bonds. The molecular formula is C22H23N7. The molecule has 1 aromatic carbocycles. The zero-order valence-corrected chi connectivity index (χ0v) is 16.3. The number of anilines is 3. The summed E-state index contributed by atoms with van der Waals surface area (Å²) in [6.07, 6.45) is 5.51. The zero-order valence-electron chi connectivity index (χ0n) is 16.3. The molecule has 5 rings (SSSR count). The Labute approximate surface area is 169 Å². The number of hydrogen-bond acceptors (Lipinski definition) is 6. The molecule has 29 heavy (non-hydrogen) atoms. The van der Waals surface area contributed by atoms with Gasteiger partial charge in [0.05, 0.1) is 16.7 Å². The quantitative estimate of drug-likeness (QED) is 0.560. The van der Waals surface area contributed by atoms with Gasteiger partial charge < -0.3 is 20.1 Å². The lowest BCUT2D eigenvalue weighted by Gasteiger charge is -2.34. The molecule has 1 aliphatic rings. The summed E-state index contributed by atoms with van der Waals surface area (Å²) in [4.78, 5) is 21.6. The molecule has 4 heterocycles. The highest BCUT2D eigenvalue weighted by Crippen LogP contribution is 2.27. The van der Waals surface area contributed by atoms with Crippen molar-refractivity contribution in [3.05, 3.63) is 61.1 Å². The number of nitrogens with zero attached hydrogens (tertiary/aromatic N) is 5. The number of benzene rings is 1. The average Bonchev–Trinajstić information content (AvgIpc) is 3.19. The summed E-state index contributed by atoms with van der Waals surface area (Å²) < 4.78 is 0. The van der Waals surface area contributed by atoms with Crippen molar-refractivity contribution in [3.8, 4) is 11.3 Å². The van der Waals surface area contributed by atoms with Crippen molar-refractivity contribution in [1.82, 2.24) is 24.8 Å². The van der Waals surface area contributed by atoms with Crippen LogP contribution in [0, 0.1) is 0 Å². The number of aromatic amines is 1.